The van der Waals surface area contributed by atoms with Crippen molar-refractivity contribution >= 4 is 12.0 Å². The number of carbonyl (C=O) groups is 1. The van der Waals surface area contributed by atoms with Crippen molar-refractivity contribution in [2.24, 2.45) is 0 Å². The third-order valence-electron chi connectivity index (χ3n) is 3.16. The first-order chi connectivity index (χ1) is 11.7. The number of nitrogens with one attached hydrogen (secondary N) is 1. The van der Waals surface area contributed by atoms with E-state index < -0.39 is 5.97 Å². The number of benzene rings is 2. The summed E-state index contributed by atoms with van der Waals surface area (Å²) in [6.07, 6.45) is 0. The molecule has 2 N–H and O–H groups in total. The second-order valence-electron chi connectivity index (χ2n) is 4.97. The summed E-state index contributed by atoms with van der Waals surface area (Å²) >= 11 is 0. The van der Waals surface area contributed by atoms with E-state index in [9.17, 15) is 4.79 Å². The van der Waals surface area contributed by atoms with Gasteiger partial charge in [-0.1, -0.05) is 47.6 Å². The maximum absolute atomic E-state index is 10.5. The highest BCUT2D eigenvalue weighted by molar-refractivity contribution is 5.68. The predicted molar refractivity (Wildman–Crippen MR) is 86.6 cm³/mol. The highest BCUT2D eigenvalue weighted by Crippen LogP contribution is 2.18. The van der Waals surface area contributed by atoms with Crippen LogP contribution in [-0.2, 0) is 11.3 Å². The highest BCUT2D eigenvalue weighted by atomic mass is 16.5. The molecule has 7 nitrogen and oxygen atoms in total. The lowest BCUT2D eigenvalue weighted by Crippen LogP contribution is -2.09. The van der Waals surface area contributed by atoms with Gasteiger partial charge in [-0.3, -0.25) is 0 Å². The van der Waals surface area contributed by atoms with Gasteiger partial charge in [0, 0.05) is 12.1 Å². The van der Waals surface area contributed by atoms with E-state index >= 15 is 0 Å². The van der Waals surface area contributed by atoms with Crippen molar-refractivity contribution in [1.29, 1.82) is 0 Å². The number of rotatable bonds is 7. The molecule has 0 fully saturated rings. The zero-order valence-electron chi connectivity index (χ0n) is 12.7. The molecule has 0 aliphatic heterocycles. The molecule has 0 unspecified atom stereocenters. The minimum Gasteiger partial charge on any atom is -0.482 e. The van der Waals surface area contributed by atoms with Crippen molar-refractivity contribution in [2.75, 3.05) is 11.9 Å². The second kappa shape index (κ2) is 7.28. The normalized spacial score (nSPS) is 10.3. The number of aliphatic carboxylic acids is 1. The predicted octanol–water partition coefficient (Wildman–Crippen LogP) is 2.81. The van der Waals surface area contributed by atoms with Crippen LogP contribution in [-0.4, -0.2) is 27.8 Å². The SMILES string of the molecule is O=C(O)COc1cccc(CNc2nc(-c3ccccc3)no2)c1. The Morgan fingerprint density at radius 3 is 2.79 bits per heavy atom. The summed E-state index contributed by atoms with van der Waals surface area (Å²) in [5, 5.41) is 15.6. The first-order valence-electron chi connectivity index (χ1n) is 7.27. The zero-order chi connectivity index (χ0) is 16.8. The first-order valence-corrected chi connectivity index (χ1v) is 7.27. The van der Waals surface area contributed by atoms with E-state index in [0.717, 1.165) is 11.1 Å². The molecule has 0 aliphatic rings. The fraction of sp³-hybridized carbons (Fsp3) is 0.118. The Balaban J connectivity index is 1.61. The number of carboxylic acids is 1. The lowest BCUT2D eigenvalue weighted by Gasteiger charge is -2.06. The van der Waals surface area contributed by atoms with Crippen molar-refractivity contribution in [3.8, 4) is 17.1 Å². The maximum atomic E-state index is 10.5. The van der Waals surface area contributed by atoms with Gasteiger partial charge >= 0.3 is 12.0 Å². The Kier molecular flexibility index (Phi) is 4.71. The molecule has 0 bridgehead atoms. The average Bonchev–Trinajstić information content (AvgIpc) is 3.08. The van der Waals surface area contributed by atoms with Gasteiger partial charge in [-0.2, -0.15) is 4.98 Å². The minimum absolute atomic E-state index is 0.311. The molecule has 3 rings (SSSR count). The molecule has 122 valence electrons. The fourth-order valence-corrected chi connectivity index (χ4v) is 2.07. The fourth-order valence-electron chi connectivity index (χ4n) is 2.07. The van der Waals surface area contributed by atoms with E-state index in [1.165, 1.54) is 0 Å². The van der Waals surface area contributed by atoms with Gasteiger partial charge in [0.25, 0.3) is 0 Å². The van der Waals surface area contributed by atoms with E-state index in [0.29, 0.717) is 24.1 Å². The Labute approximate surface area is 137 Å². The Morgan fingerprint density at radius 1 is 1.17 bits per heavy atom. The van der Waals surface area contributed by atoms with Gasteiger partial charge < -0.3 is 19.7 Å². The van der Waals surface area contributed by atoms with Crippen LogP contribution in [0.3, 0.4) is 0 Å². The molecule has 0 saturated heterocycles. The van der Waals surface area contributed by atoms with E-state index in [2.05, 4.69) is 15.5 Å². The summed E-state index contributed by atoms with van der Waals surface area (Å²) in [7, 11) is 0. The van der Waals surface area contributed by atoms with Gasteiger partial charge in [-0.05, 0) is 17.7 Å². The van der Waals surface area contributed by atoms with Crippen LogP contribution in [0.4, 0.5) is 6.01 Å². The summed E-state index contributed by atoms with van der Waals surface area (Å²) < 4.78 is 10.3. The average molecular weight is 325 g/mol. The highest BCUT2D eigenvalue weighted by Gasteiger charge is 2.08. The standard InChI is InChI=1S/C17H15N3O4/c21-15(22)11-23-14-8-4-5-12(9-14)10-18-17-19-16(20-24-17)13-6-2-1-3-7-13/h1-9H,10-11H2,(H,21,22)(H,18,19,20). The topological polar surface area (TPSA) is 97.5 Å². The number of carboxylic acid groups (broad SMARTS) is 1. The quantitative estimate of drug-likeness (QED) is 0.689. The summed E-state index contributed by atoms with van der Waals surface area (Å²) in [5.74, 6) is -0.0123. The molecule has 24 heavy (non-hydrogen) atoms. The van der Waals surface area contributed by atoms with E-state index in [1.807, 2.05) is 36.4 Å². The van der Waals surface area contributed by atoms with Crippen LogP contribution in [0.2, 0.25) is 0 Å². The maximum Gasteiger partial charge on any atom is 0.341 e. The van der Waals surface area contributed by atoms with Crippen molar-refractivity contribution in [3.05, 3.63) is 60.2 Å². The van der Waals surface area contributed by atoms with Crippen LogP contribution >= 0.6 is 0 Å². The number of anilines is 1. The number of nitrogens with zero attached hydrogens (tertiary/aromatic N) is 2. The van der Waals surface area contributed by atoms with Gasteiger partial charge in [-0.25, -0.2) is 4.79 Å². The van der Waals surface area contributed by atoms with Crippen LogP contribution < -0.4 is 10.1 Å². The molecular weight excluding hydrogens is 310 g/mol. The molecule has 3 aromatic rings. The van der Waals surface area contributed by atoms with E-state index in [1.54, 1.807) is 18.2 Å². The zero-order valence-corrected chi connectivity index (χ0v) is 12.7. The van der Waals surface area contributed by atoms with Crippen LogP contribution in [0, 0.1) is 0 Å². The van der Waals surface area contributed by atoms with Crippen LogP contribution in [0.15, 0.2) is 59.1 Å². The van der Waals surface area contributed by atoms with Gasteiger partial charge in [0.15, 0.2) is 6.61 Å². The summed E-state index contributed by atoms with van der Waals surface area (Å²) in [4.78, 5) is 14.8. The van der Waals surface area contributed by atoms with Crippen molar-refractivity contribution in [2.45, 2.75) is 6.54 Å². The molecular formula is C17H15N3O4. The van der Waals surface area contributed by atoms with Crippen LogP contribution in [0.5, 0.6) is 5.75 Å². The van der Waals surface area contributed by atoms with Gasteiger partial charge in [0.1, 0.15) is 5.75 Å². The summed E-state index contributed by atoms with van der Waals surface area (Å²) in [5.41, 5.74) is 1.77. The van der Waals surface area contributed by atoms with E-state index in [4.69, 9.17) is 14.4 Å². The molecule has 0 radical (unpaired) electrons. The van der Waals surface area contributed by atoms with Gasteiger partial charge in [0.2, 0.25) is 5.82 Å². The second-order valence-corrected chi connectivity index (χ2v) is 4.97. The van der Waals surface area contributed by atoms with Crippen molar-refractivity contribution in [3.63, 3.8) is 0 Å². The lowest BCUT2D eigenvalue weighted by atomic mass is 10.2. The van der Waals surface area contributed by atoms with Gasteiger partial charge in [-0.15, -0.1) is 0 Å². The Bertz CT molecular complexity index is 817. The first kappa shape index (κ1) is 15.5. The largest absolute Gasteiger partial charge is 0.482 e. The van der Waals surface area contributed by atoms with Crippen molar-refractivity contribution in [1.82, 2.24) is 10.1 Å². The smallest absolute Gasteiger partial charge is 0.341 e. The summed E-state index contributed by atoms with van der Waals surface area (Å²) in [6, 6.07) is 17.0. The van der Waals surface area contributed by atoms with Crippen LogP contribution in [0.1, 0.15) is 5.56 Å². The third-order valence-corrected chi connectivity index (χ3v) is 3.16. The monoisotopic (exact) mass is 325 g/mol. The molecule has 2 aromatic carbocycles. The molecule has 0 aliphatic carbocycles. The molecule has 0 atom stereocenters. The number of hydrogen-bond donors (Lipinski definition) is 2. The molecule has 0 amide bonds. The molecule has 1 aromatic heterocycles. The molecule has 7 heteroatoms. The summed E-state index contributed by atoms with van der Waals surface area (Å²) in [6.45, 7) is 0.0711. The Morgan fingerprint density at radius 2 is 2.00 bits per heavy atom. The Hall–Kier alpha value is -3.35. The number of hydrogen-bond acceptors (Lipinski definition) is 6. The molecule has 0 saturated carbocycles. The molecule has 0 spiro atoms. The minimum atomic E-state index is -1.02. The third kappa shape index (κ3) is 4.10. The van der Waals surface area contributed by atoms with E-state index in [-0.39, 0.29) is 6.61 Å². The van der Waals surface area contributed by atoms with Crippen LogP contribution in [0.25, 0.3) is 11.4 Å². The van der Waals surface area contributed by atoms with Crippen molar-refractivity contribution < 1.29 is 19.2 Å². The number of ether oxygens (including phenoxy) is 1. The lowest BCUT2D eigenvalue weighted by molar-refractivity contribution is -0.139. The van der Waals surface area contributed by atoms with Gasteiger partial charge in [0.05, 0.1) is 0 Å². The molecule has 1 heterocycles. The number of aromatic nitrogens is 2.